The first-order chi connectivity index (χ1) is 7.86. The van der Waals surface area contributed by atoms with E-state index in [4.69, 9.17) is 0 Å². The summed E-state index contributed by atoms with van der Waals surface area (Å²) in [7, 11) is 1.65. The summed E-state index contributed by atoms with van der Waals surface area (Å²) in [5.41, 5.74) is 5.06. The maximum atomic E-state index is 4.60. The molecular formula is C14H16N2. The second kappa shape index (κ2) is 4.92. The number of nitrogens with one attached hydrogen (secondary N) is 1. The number of benzene rings is 2. The number of allylic oxidation sites excluding steroid dienone is 1. The Hall–Kier alpha value is -1.64. The summed E-state index contributed by atoms with van der Waals surface area (Å²) in [6.07, 6.45) is 5.53. The Morgan fingerprint density at radius 2 is 1.81 bits per heavy atom. The Bertz CT molecular complexity index is 510. The molecule has 2 nitrogen and oxygen atoms in total. The van der Waals surface area contributed by atoms with Gasteiger partial charge in [-0.15, -0.1) is 0 Å². The Labute approximate surface area is 95.7 Å². The molecule has 1 aliphatic rings. The normalized spacial score (nSPS) is 12.1. The van der Waals surface area contributed by atoms with Crippen molar-refractivity contribution in [2.24, 2.45) is 5.84 Å². The summed E-state index contributed by atoms with van der Waals surface area (Å²) in [4.78, 5) is 0. The third-order valence-corrected chi connectivity index (χ3v) is 2.66. The van der Waals surface area contributed by atoms with E-state index in [1.165, 1.54) is 21.9 Å². The summed E-state index contributed by atoms with van der Waals surface area (Å²) in [5, 5.41) is 2.80. The summed E-state index contributed by atoms with van der Waals surface area (Å²) in [5.74, 6) is 4.60. The molecule has 0 saturated heterocycles. The first-order valence-corrected chi connectivity index (χ1v) is 5.41. The highest BCUT2D eigenvalue weighted by molar-refractivity contribution is 5.94. The van der Waals surface area contributed by atoms with Crippen LogP contribution >= 0.6 is 0 Å². The van der Waals surface area contributed by atoms with Crippen LogP contribution in [0.2, 0.25) is 0 Å². The molecule has 0 spiro atoms. The van der Waals surface area contributed by atoms with E-state index in [9.17, 15) is 0 Å². The van der Waals surface area contributed by atoms with Gasteiger partial charge >= 0.3 is 0 Å². The molecule has 0 aromatic heterocycles. The highest BCUT2D eigenvalue weighted by atomic mass is 15.2. The van der Waals surface area contributed by atoms with Crippen molar-refractivity contribution in [1.29, 1.82) is 0 Å². The van der Waals surface area contributed by atoms with E-state index >= 15 is 0 Å². The van der Waals surface area contributed by atoms with Crippen molar-refractivity contribution in [2.75, 3.05) is 7.05 Å². The van der Waals surface area contributed by atoms with Gasteiger partial charge in [0, 0.05) is 0 Å². The molecule has 3 N–H and O–H groups in total. The maximum Gasteiger partial charge on any atom is -0.00172 e. The lowest BCUT2D eigenvalue weighted by atomic mass is 9.93. The Morgan fingerprint density at radius 1 is 1.12 bits per heavy atom. The predicted molar refractivity (Wildman–Crippen MR) is 69.9 cm³/mol. The van der Waals surface area contributed by atoms with E-state index in [0.29, 0.717) is 0 Å². The van der Waals surface area contributed by atoms with Crippen LogP contribution in [0.25, 0.3) is 16.8 Å². The van der Waals surface area contributed by atoms with Crippen LogP contribution in [-0.2, 0) is 6.42 Å². The van der Waals surface area contributed by atoms with Crippen LogP contribution in [0, 0.1) is 0 Å². The topological polar surface area (TPSA) is 38.0 Å². The molecule has 2 aromatic rings. The van der Waals surface area contributed by atoms with Crippen molar-refractivity contribution in [3.63, 3.8) is 0 Å². The van der Waals surface area contributed by atoms with Crippen LogP contribution < -0.4 is 11.3 Å². The van der Waals surface area contributed by atoms with Crippen molar-refractivity contribution in [3.8, 4) is 0 Å². The Balaban J connectivity index is 0.000000292. The quantitative estimate of drug-likeness (QED) is 0.520. The third-order valence-electron chi connectivity index (χ3n) is 2.66. The molecule has 16 heavy (non-hydrogen) atoms. The van der Waals surface area contributed by atoms with Crippen LogP contribution in [0.4, 0.5) is 0 Å². The zero-order chi connectivity index (χ0) is 11.4. The van der Waals surface area contributed by atoms with Gasteiger partial charge in [0.2, 0.25) is 0 Å². The summed E-state index contributed by atoms with van der Waals surface area (Å²) >= 11 is 0. The largest absolute Gasteiger partial charge is 0.272 e. The third kappa shape index (κ3) is 1.98. The van der Waals surface area contributed by atoms with Crippen LogP contribution in [0.5, 0.6) is 0 Å². The average molecular weight is 212 g/mol. The van der Waals surface area contributed by atoms with E-state index in [0.717, 1.165) is 6.42 Å². The molecule has 82 valence electrons. The molecule has 2 aromatic carbocycles. The van der Waals surface area contributed by atoms with Gasteiger partial charge in [-0.2, -0.15) is 0 Å². The molecule has 0 atom stereocenters. The average Bonchev–Trinajstić information content (AvgIpc) is 2.31. The van der Waals surface area contributed by atoms with Gasteiger partial charge < -0.3 is 0 Å². The fourth-order valence-corrected chi connectivity index (χ4v) is 2.07. The fourth-order valence-electron chi connectivity index (χ4n) is 2.07. The minimum Gasteiger partial charge on any atom is -0.272 e. The van der Waals surface area contributed by atoms with E-state index in [1.807, 2.05) is 0 Å². The summed E-state index contributed by atoms with van der Waals surface area (Å²) in [6, 6.07) is 13.0. The summed E-state index contributed by atoms with van der Waals surface area (Å²) in [6.45, 7) is 0. The molecular weight excluding hydrogens is 196 g/mol. The van der Waals surface area contributed by atoms with Gasteiger partial charge in [-0.05, 0) is 35.4 Å². The van der Waals surface area contributed by atoms with E-state index < -0.39 is 0 Å². The zero-order valence-electron chi connectivity index (χ0n) is 9.40. The molecule has 3 rings (SSSR count). The standard InChI is InChI=1S/C13H10.CH6N2/c1-4-10-6-2-8-12-9-3-7-11(5-1)13(10)12;1-3-2/h1-8H,9H2;3H,2H2,1H3. The van der Waals surface area contributed by atoms with Gasteiger partial charge in [0.25, 0.3) is 0 Å². The van der Waals surface area contributed by atoms with E-state index in [-0.39, 0.29) is 0 Å². The SMILES string of the molecule is C1=Cc2cccc3cccc(c23)C1.CNN. The number of hydrogen-bond donors (Lipinski definition) is 2. The van der Waals surface area contributed by atoms with Gasteiger partial charge in [0.15, 0.2) is 0 Å². The van der Waals surface area contributed by atoms with Crippen molar-refractivity contribution in [2.45, 2.75) is 6.42 Å². The second-order valence-electron chi connectivity index (χ2n) is 3.76. The molecule has 0 bridgehead atoms. The molecule has 0 radical (unpaired) electrons. The zero-order valence-corrected chi connectivity index (χ0v) is 9.40. The number of hydrazine groups is 1. The van der Waals surface area contributed by atoms with Gasteiger partial charge in [0.1, 0.15) is 0 Å². The van der Waals surface area contributed by atoms with Crippen LogP contribution in [0.3, 0.4) is 0 Å². The van der Waals surface area contributed by atoms with Crippen molar-refractivity contribution in [3.05, 3.63) is 53.6 Å². The second-order valence-corrected chi connectivity index (χ2v) is 3.76. The predicted octanol–water partition coefficient (Wildman–Crippen LogP) is 2.49. The number of nitrogens with two attached hydrogens (primary N) is 1. The van der Waals surface area contributed by atoms with E-state index in [1.54, 1.807) is 7.05 Å². The van der Waals surface area contributed by atoms with Crippen LogP contribution in [0.15, 0.2) is 42.5 Å². The molecule has 0 amide bonds. The van der Waals surface area contributed by atoms with Gasteiger partial charge in [0.05, 0.1) is 0 Å². The summed E-state index contributed by atoms with van der Waals surface area (Å²) < 4.78 is 0. The molecule has 2 heteroatoms. The van der Waals surface area contributed by atoms with Crippen molar-refractivity contribution in [1.82, 2.24) is 5.43 Å². The Kier molecular flexibility index (Phi) is 3.34. The highest BCUT2D eigenvalue weighted by Crippen LogP contribution is 2.27. The van der Waals surface area contributed by atoms with Crippen molar-refractivity contribution < 1.29 is 0 Å². The van der Waals surface area contributed by atoms with Gasteiger partial charge in [-0.1, -0.05) is 48.6 Å². The first kappa shape index (κ1) is 10.9. The smallest absolute Gasteiger partial charge is 0.00172 e. The van der Waals surface area contributed by atoms with Crippen LogP contribution in [-0.4, -0.2) is 7.05 Å². The van der Waals surface area contributed by atoms with Gasteiger partial charge in [-0.3, -0.25) is 11.3 Å². The van der Waals surface area contributed by atoms with E-state index in [2.05, 4.69) is 59.8 Å². The lowest BCUT2D eigenvalue weighted by Gasteiger charge is -2.11. The lowest BCUT2D eigenvalue weighted by molar-refractivity contribution is 0.900. The number of rotatable bonds is 0. The lowest BCUT2D eigenvalue weighted by Crippen LogP contribution is -2.13. The molecule has 1 aliphatic carbocycles. The highest BCUT2D eigenvalue weighted by Gasteiger charge is 2.06. The molecule has 0 fully saturated rings. The van der Waals surface area contributed by atoms with Crippen LogP contribution in [0.1, 0.15) is 11.1 Å². The number of hydrogen-bond acceptors (Lipinski definition) is 2. The van der Waals surface area contributed by atoms with Crippen molar-refractivity contribution >= 4 is 16.8 Å². The Morgan fingerprint density at radius 3 is 2.56 bits per heavy atom. The fraction of sp³-hybridized carbons (Fsp3) is 0.143. The minimum atomic E-state index is 1.08. The molecule has 0 saturated carbocycles. The first-order valence-electron chi connectivity index (χ1n) is 5.41. The minimum absolute atomic E-state index is 1.08. The van der Waals surface area contributed by atoms with Gasteiger partial charge in [-0.25, -0.2) is 0 Å². The molecule has 0 aliphatic heterocycles. The molecule has 0 heterocycles. The maximum absolute atomic E-state index is 4.60. The molecule has 0 unspecified atom stereocenters. The monoisotopic (exact) mass is 212 g/mol.